The van der Waals surface area contributed by atoms with Gasteiger partial charge >= 0.3 is 20.2 Å². The highest BCUT2D eigenvalue weighted by atomic mass is 32.2. The van der Waals surface area contributed by atoms with E-state index < -0.39 is 62.7 Å². The standard InChI is InChI=1S/C36H26N6O14S2/c43-39(44)31-13-7-27(35(23-31)41(47)48)21-29-5-1-3-19-37(29)55-57(51,52)33-15-9-25(10-16-33)26-11-17-34(18-12-26)58(53,54)56-38-20-4-2-6-30(38)22-28-8-14-32(40(45)46)24-36(28)42(49)50/h1-20,23-24H,21-22H2/q+2. The first-order chi connectivity index (χ1) is 27.5. The number of hydrogen-bond donors (Lipinski definition) is 0. The summed E-state index contributed by atoms with van der Waals surface area (Å²) < 4.78 is 65.7. The van der Waals surface area contributed by atoms with Crippen molar-refractivity contribution in [2.75, 3.05) is 0 Å². The number of nitro benzene ring substituents is 4. The Bertz CT molecular complexity index is 2640. The van der Waals surface area contributed by atoms with E-state index in [1.165, 1.54) is 97.3 Å². The molecule has 0 unspecified atom stereocenters. The molecule has 0 fully saturated rings. The third kappa shape index (κ3) is 8.87. The maximum Gasteiger partial charge on any atom is 0.396 e. The van der Waals surface area contributed by atoms with Crippen LogP contribution >= 0.6 is 0 Å². The number of nitrogens with zero attached hydrogens (tertiary/aromatic N) is 6. The van der Waals surface area contributed by atoms with Gasteiger partial charge in [0, 0.05) is 57.0 Å². The number of rotatable bonds is 15. The molecule has 0 saturated carbocycles. The van der Waals surface area contributed by atoms with E-state index in [0.717, 1.165) is 33.7 Å². The Balaban J connectivity index is 1.17. The molecule has 6 aromatic rings. The minimum Gasteiger partial charge on any atom is -0.258 e. The number of hydrogen-bond acceptors (Lipinski definition) is 14. The smallest absolute Gasteiger partial charge is 0.258 e. The lowest BCUT2D eigenvalue weighted by molar-refractivity contribution is -0.861. The molecule has 22 heteroatoms. The molecule has 4 aromatic carbocycles. The SMILES string of the molecule is O=[N+]([O-])c1ccc(Cc2cccc[n+]2OS(=O)(=O)c2ccc(-c3ccc(S(=O)(=O)O[n+]4ccccc4Cc4ccc([N+](=O)[O-])cc4[N+](=O)[O-])cc3)cc2)c([N+](=O)[O-])c1. The number of non-ortho nitro benzene ring substituents is 2. The zero-order chi connectivity index (χ0) is 41.8. The van der Waals surface area contributed by atoms with E-state index in [-0.39, 0.29) is 45.1 Å². The highest BCUT2D eigenvalue weighted by Crippen LogP contribution is 2.28. The second kappa shape index (κ2) is 16.2. The van der Waals surface area contributed by atoms with Crippen molar-refractivity contribution in [3.8, 4) is 11.1 Å². The number of benzene rings is 4. The van der Waals surface area contributed by atoms with E-state index in [1.807, 2.05) is 0 Å². The third-order valence-corrected chi connectivity index (χ3v) is 10.9. The molecule has 0 aliphatic rings. The fourth-order valence-electron chi connectivity index (χ4n) is 5.63. The van der Waals surface area contributed by atoms with Gasteiger partial charge in [-0.15, -0.1) is 8.57 Å². The van der Waals surface area contributed by atoms with Gasteiger partial charge in [0.2, 0.25) is 23.8 Å². The van der Waals surface area contributed by atoms with E-state index >= 15 is 0 Å². The molecule has 0 saturated heterocycles. The van der Waals surface area contributed by atoms with Crippen molar-refractivity contribution in [2.24, 2.45) is 0 Å². The number of pyridine rings is 2. The molecular weight excluding hydrogens is 805 g/mol. The van der Waals surface area contributed by atoms with Crippen LogP contribution in [0.4, 0.5) is 22.7 Å². The quantitative estimate of drug-likeness (QED) is 0.0790. The van der Waals surface area contributed by atoms with Crippen LogP contribution in [0.1, 0.15) is 22.5 Å². The first kappa shape index (κ1) is 40.0. The fraction of sp³-hybridized carbons (Fsp3) is 0.0556. The van der Waals surface area contributed by atoms with Gasteiger partial charge in [0.15, 0.2) is 0 Å². The highest BCUT2D eigenvalue weighted by Gasteiger charge is 2.30. The summed E-state index contributed by atoms with van der Waals surface area (Å²) in [5, 5.41) is 45.5. The monoisotopic (exact) mass is 830 g/mol. The van der Waals surface area contributed by atoms with Crippen molar-refractivity contribution >= 4 is 43.0 Å². The predicted octanol–water partition coefficient (Wildman–Crippen LogP) is 4.38. The molecule has 0 N–H and O–H groups in total. The molecule has 0 atom stereocenters. The van der Waals surface area contributed by atoms with Crippen LogP contribution < -0.4 is 18.0 Å². The average Bonchev–Trinajstić information content (AvgIpc) is 3.19. The Hall–Kier alpha value is -7.72. The van der Waals surface area contributed by atoms with Crippen LogP contribution in [0.15, 0.2) is 144 Å². The van der Waals surface area contributed by atoms with Gasteiger partial charge < -0.3 is 0 Å². The lowest BCUT2D eigenvalue weighted by Crippen LogP contribution is -2.48. The van der Waals surface area contributed by atoms with Gasteiger partial charge in [-0.3, -0.25) is 40.5 Å². The lowest BCUT2D eigenvalue weighted by Gasteiger charge is -2.07. The number of aromatic nitrogens is 2. The summed E-state index contributed by atoms with van der Waals surface area (Å²) in [5.74, 6) is 0. The van der Waals surface area contributed by atoms with Gasteiger partial charge in [0.05, 0.1) is 44.7 Å². The second-order valence-electron chi connectivity index (χ2n) is 12.1. The Kier molecular flexibility index (Phi) is 11.1. The molecule has 2 aromatic heterocycles. The van der Waals surface area contributed by atoms with Crippen LogP contribution in [-0.4, -0.2) is 36.5 Å². The molecule has 58 heavy (non-hydrogen) atoms. The Labute approximate surface area is 327 Å². The lowest BCUT2D eigenvalue weighted by atomic mass is 10.1. The van der Waals surface area contributed by atoms with Crippen molar-refractivity contribution < 1.29 is 54.6 Å². The van der Waals surface area contributed by atoms with Crippen LogP contribution in [0.3, 0.4) is 0 Å². The summed E-state index contributed by atoms with van der Waals surface area (Å²) in [6.07, 6.45) is 2.14. The Morgan fingerprint density at radius 2 is 0.828 bits per heavy atom. The maximum atomic E-state index is 13.3. The summed E-state index contributed by atoms with van der Waals surface area (Å²) in [5.41, 5.74) is -0.549. The zero-order valence-electron chi connectivity index (χ0n) is 29.3. The van der Waals surface area contributed by atoms with Gasteiger partial charge in [0.25, 0.3) is 22.7 Å². The summed E-state index contributed by atoms with van der Waals surface area (Å²) in [7, 11) is -8.96. The Morgan fingerprint density at radius 1 is 0.466 bits per heavy atom. The molecule has 6 rings (SSSR count). The summed E-state index contributed by atoms with van der Waals surface area (Å²) >= 11 is 0. The zero-order valence-corrected chi connectivity index (χ0v) is 31.0. The summed E-state index contributed by atoms with van der Waals surface area (Å²) in [6.45, 7) is 0. The molecule has 0 radical (unpaired) electrons. The first-order valence-electron chi connectivity index (χ1n) is 16.5. The highest BCUT2D eigenvalue weighted by molar-refractivity contribution is 7.87. The van der Waals surface area contributed by atoms with E-state index in [1.54, 1.807) is 12.1 Å². The topological polar surface area (TPSA) is 267 Å². The normalized spacial score (nSPS) is 11.4. The molecule has 0 spiro atoms. The molecule has 20 nitrogen and oxygen atoms in total. The van der Waals surface area contributed by atoms with Crippen molar-refractivity contribution in [3.63, 3.8) is 0 Å². The third-order valence-electron chi connectivity index (χ3n) is 8.48. The van der Waals surface area contributed by atoms with E-state index in [2.05, 4.69) is 0 Å². The molecule has 0 amide bonds. The largest absolute Gasteiger partial charge is 0.396 e. The van der Waals surface area contributed by atoms with Crippen molar-refractivity contribution in [3.05, 3.63) is 197 Å². The van der Waals surface area contributed by atoms with E-state index in [0.29, 0.717) is 11.1 Å². The first-order valence-corrected chi connectivity index (χ1v) is 19.3. The van der Waals surface area contributed by atoms with Crippen LogP contribution in [0.5, 0.6) is 0 Å². The molecule has 0 aliphatic heterocycles. The molecule has 2 heterocycles. The van der Waals surface area contributed by atoms with Gasteiger partial charge in [0.1, 0.15) is 9.79 Å². The minimum absolute atomic E-state index is 0.0721. The van der Waals surface area contributed by atoms with Crippen LogP contribution in [0.25, 0.3) is 11.1 Å². The molecule has 294 valence electrons. The molecular formula is C36H26N6O14S2+2. The van der Waals surface area contributed by atoms with Crippen molar-refractivity contribution in [1.29, 1.82) is 0 Å². The van der Waals surface area contributed by atoms with Crippen molar-refractivity contribution in [2.45, 2.75) is 22.6 Å². The van der Waals surface area contributed by atoms with Crippen molar-refractivity contribution in [1.82, 2.24) is 0 Å². The van der Waals surface area contributed by atoms with Gasteiger partial charge in [-0.1, -0.05) is 24.3 Å². The van der Waals surface area contributed by atoms with Crippen LogP contribution in [0, 0.1) is 40.5 Å². The van der Waals surface area contributed by atoms with Gasteiger partial charge in [-0.05, 0) is 59.7 Å². The van der Waals surface area contributed by atoms with E-state index in [4.69, 9.17) is 8.57 Å². The second-order valence-corrected chi connectivity index (χ2v) is 15.2. The van der Waals surface area contributed by atoms with E-state index in [9.17, 15) is 57.3 Å². The minimum atomic E-state index is -4.48. The summed E-state index contributed by atoms with van der Waals surface area (Å²) in [6, 6.07) is 26.0. The predicted molar refractivity (Wildman–Crippen MR) is 198 cm³/mol. The number of nitro groups is 4. The van der Waals surface area contributed by atoms with Crippen LogP contribution in [0.2, 0.25) is 0 Å². The Morgan fingerprint density at radius 3 is 1.16 bits per heavy atom. The summed E-state index contributed by atoms with van der Waals surface area (Å²) in [4.78, 5) is 41.9. The molecule has 0 bridgehead atoms. The average molecular weight is 831 g/mol. The van der Waals surface area contributed by atoms with Gasteiger partial charge in [-0.25, -0.2) is 0 Å². The fourth-order valence-corrected chi connectivity index (χ4v) is 7.46. The van der Waals surface area contributed by atoms with Gasteiger partial charge in [-0.2, -0.15) is 16.8 Å². The van der Waals surface area contributed by atoms with Crippen LogP contribution in [-0.2, 0) is 33.1 Å². The maximum absolute atomic E-state index is 13.3. The molecule has 0 aliphatic carbocycles.